The summed E-state index contributed by atoms with van der Waals surface area (Å²) in [6.45, 7) is 5.51. The van der Waals surface area contributed by atoms with E-state index in [1.165, 1.54) is 5.56 Å². The lowest BCUT2D eigenvalue weighted by atomic mass is 10.1. The fourth-order valence-electron chi connectivity index (χ4n) is 3.01. The fourth-order valence-corrected chi connectivity index (χ4v) is 3.01. The molecule has 1 aliphatic heterocycles. The van der Waals surface area contributed by atoms with Gasteiger partial charge in [-0.15, -0.1) is 0 Å². The second-order valence-corrected chi connectivity index (χ2v) is 6.18. The average Bonchev–Trinajstić information content (AvgIpc) is 2.64. The van der Waals surface area contributed by atoms with Gasteiger partial charge in [0.25, 0.3) is 0 Å². The van der Waals surface area contributed by atoms with Crippen molar-refractivity contribution in [1.29, 1.82) is 5.26 Å². The van der Waals surface area contributed by atoms with Crippen LogP contribution >= 0.6 is 0 Å². The van der Waals surface area contributed by atoms with Gasteiger partial charge in [-0.1, -0.05) is 12.1 Å². The summed E-state index contributed by atoms with van der Waals surface area (Å²) in [7, 11) is 0. The minimum atomic E-state index is -0.510. The summed E-state index contributed by atoms with van der Waals surface area (Å²) in [5, 5.41) is 19.2. The third-order valence-electron chi connectivity index (χ3n) is 4.48. The first-order valence-electron chi connectivity index (χ1n) is 8.26. The zero-order valence-corrected chi connectivity index (χ0v) is 13.7. The first-order valence-corrected chi connectivity index (χ1v) is 8.26. The molecule has 2 aromatic rings. The van der Waals surface area contributed by atoms with Gasteiger partial charge >= 0.3 is 0 Å². The molecule has 1 aromatic carbocycles. The standard InChI is InChI=1S/C19H22N4O/c20-13-16-1-3-18(4-2-16)19(24)15-23-11-9-22(10-12-23)14-17-5-7-21-8-6-17/h1-8,19,24H,9-12,14-15H2. The highest BCUT2D eigenvalue weighted by atomic mass is 16.3. The van der Waals surface area contributed by atoms with Crippen LogP contribution in [-0.4, -0.2) is 52.6 Å². The predicted octanol–water partition coefficient (Wildman–Crippen LogP) is 1.80. The molecule has 1 unspecified atom stereocenters. The second kappa shape index (κ2) is 8.02. The Bertz CT molecular complexity index is 673. The summed E-state index contributed by atoms with van der Waals surface area (Å²) < 4.78 is 0. The van der Waals surface area contributed by atoms with Crippen LogP contribution in [0.3, 0.4) is 0 Å². The zero-order chi connectivity index (χ0) is 16.8. The summed E-state index contributed by atoms with van der Waals surface area (Å²) in [5.74, 6) is 0. The van der Waals surface area contributed by atoms with Crippen molar-refractivity contribution in [2.24, 2.45) is 0 Å². The monoisotopic (exact) mass is 322 g/mol. The van der Waals surface area contributed by atoms with Crippen LogP contribution in [0.4, 0.5) is 0 Å². The molecule has 1 fully saturated rings. The molecule has 1 saturated heterocycles. The van der Waals surface area contributed by atoms with E-state index in [9.17, 15) is 5.11 Å². The van der Waals surface area contributed by atoms with Crippen molar-refractivity contribution >= 4 is 0 Å². The van der Waals surface area contributed by atoms with Gasteiger partial charge in [-0.3, -0.25) is 14.8 Å². The molecular weight excluding hydrogens is 300 g/mol. The van der Waals surface area contributed by atoms with Gasteiger partial charge in [0.1, 0.15) is 0 Å². The third-order valence-corrected chi connectivity index (χ3v) is 4.48. The summed E-state index contributed by atoms with van der Waals surface area (Å²) in [6.07, 6.45) is 3.16. The van der Waals surface area contributed by atoms with Crippen LogP contribution in [0.2, 0.25) is 0 Å². The number of piperazine rings is 1. The van der Waals surface area contributed by atoms with Crippen molar-refractivity contribution in [2.75, 3.05) is 32.7 Å². The second-order valence-electron chi connectivity index (χ2n) is 6.18. The molecule has 1 aromatic heterocycles. The van der Waals surface area contributed by atoms with Crippen LogP contribution in [0.5, 0.6) is 0 Å². The maximum atomic E-state index is 10.4. The van der Waals surface area contributed by atoms with E-state index in [1.807, 2.05) is 24.5 Å². The highest BCUT2D eigenvalue weighted by Crippen LogP contribution is 2.16. The number of nitriles is 1. The van der Waals surface area contributed by atoms with Crippen LogP contribution < -0.4 is 0 Å². The quantitative estimate of drug-likeness (QED) is 0.909. The van der Waals surface area contributed by atoms with Crippen molar-refractivity contribution in [3.05, 3.63) is 65.5 Å². The molecule has 124 valence electrons. The molecule has 0 spiro atoms. The van der Waals surface area contributed by atoms with E-state index in [0.29, 0.717) is 12.1 Å². The zero-order valence-electron chi connectivity index (χ0n) is 13.7. The first-order chi connectivity index (χ1) is 11.7. The third kappa shape index (κ3) is 4.39. The molecular formula is C19H22N4O. The molecule has 1 aliphatic rings. The van der Waals surface area contributed by atoms with Gasteiger partial charge < -0.3 is 5.11 Å². The normalized spacial score (nSPS) is 17.3. The Kier molecular flexibility index (Phi) is 5.55. The van der Waals surface area contributed by atoms with Crippen LogP contribution in [0.25, 0.3) is 0 Å². The number of aliphatic hydroxyl groups excluding tert-OH is 1. The lowest BCUT2D eigenvalue weighted by Gasteiger charge is -2.35. The smallest absolute Gasteiger partial charge is 0.0991 e. The maximum Gasteiger partial charge on any atom is 0.0991 e. The van der Waals surface area contributed by atoms with Crippen molar-refractivity contribution < 1.29 is 5.11 Å². The molecule has 2 heterocycles. The van der Waals surface area contributed by atoms with Gasteiger partial charge in [0.2, 0.25) is 0 Å². The average molecular weight is 322 g/mol. The number of nitrogens with zero attached hydrogens (tertiary/aromatic N) is 4. The van der Waals surface area contributed by atoms with Crippen LogP contribution in [-0.2, 0) is 6.54 Å². The number of aromatic nitrogens is 1. The van der Waals surface area contributed by atoms with E-state index >= 15 is 0 Å². The van der Waals surface area contributed by atoms with Crippen molar-refractivity contribution in [3.63, 3.8) is 0 Å². The summed E-state index contributed by atoms with van der Waals surface area (Å²) in [6, 6.07) is 13.4. The van der Waals surface area contributed by atoms with Gasteiger partial charge in [0, 0.05) is 51.7 Å². The Morgan fingerprint density at radius 3 is 2.25 bits per heavy atom. The van der Waals surface area contributed by atoms with Gasteiger partial charge in [0.15, 0.2) is 0 Å². The van der Waals surface area contributed by atoms with E-state index in [1.54, 1.807) is 12.1 Å². The van der Waals surface area contributed by atoms with Crippen LogP contribution in [0.15, 0.2) is 48.8 Å². The van der Waals surface area contributed by atoms with Crippen molar-refractivity contribution in [1.82, 2.24) is 14.8 Å². The Morgan fingerprint density at radius 1 is 1.00 bits per heavy atom. The number of β-amino-alcohol motifs (C(OH)–C–C–N with tert-alkyl or cyclic N) is 1. The number of aliphatic hydroxyl groups is 1. The largest absolute Gasteiger partial charge is 0.387 e. The number of hydrogen-bond donors (Lipinski definition) is 1. The Balaban J connectivity index is 1.47. The maximum absolute atomic E-state index is 10.4. The molecule has 1 atom stereocenters. The minimum absolute atomic E-state index is 0.510. The van der Waals surface area contributed by atoms with Crippen molar-refractivity contribution in [2.45, 2.75) is 12.6 Å². The molecule has 3 rings (SSSR count). The van der Waals surface area contributed by atoms with E-state index in [4.69, 9.17) is 5.26 Å². The van der Waals surface area contributed by atoms with Gasteiger partial charge in [0.05, 0.1) is 17.7 Å². The minimum Gasteiger partial charge on any atom is -0.387 e. The molecule has 5 nitrogen and oxygen atoms in total. The van der Waals surface area contributed by atoms with Crippen molar-refractivity contribution in [3.8, 4) is 6.07 Å². The van der Waals surface area contributed by atoms with Crippen LogP contribution in [0, 0.1) is 11.3 Å². The Labute approximate surface area is 142 Å². The summed E-state index contributed by atoms with van der Waals surface area (Å²) in [4.78, 5) is 8.78. The summed E-state index contributed by atoms with van der Waals surface area (Å²) >= 11 is 0. The SMILES string of the molecule is N#Cc1ccc(C(O)CN2CCN(Cc3ccncc3)CC2)cc1. The van der Waals surface area contributed by atoms with E-state index in [2.05, 4.69) is 33.0 Å². The predicted molar refractivity (Wildman–Crippen MR) is 92.1 cm³/mol. The highest BCUT2D eigenvalue weighted by Gasteiger charge is 2.20. The Hall–Kier alpha value is -2.26. The number of pyridine rings is 1. The molecule has 0 radical (unpaired) electrons. The molecule has 1 N–H and O–H groups in total. The molecule has 0 saturated carbocycles. The number of rotatable bonds is 5. The van der Waals surface area contributed by atoms with Gasteiger partial charge in [-0.25, -0.2) is 0 Å². The molecule has 0 bridgehead atoms. The molecule has 0 amide bonds. The Morgan fingerprint density at radius 2 is 1.62 bits per heavy atom. The van der Waals surface area contributed by atoms with Gasteiger partial charge in [-0.2, -0.15) is 5.26 Å². The highest BCUT2D eigenvalue weighted by molar-refractivity contribution is 5.32. The number of hydrogen-bond acceptors (Lipinski definition) is 5. The van der Waals surface area contributed by atoms with E-state index in [-0.39, 0.29) is 0 Å². The topological polar surface area (TPSA) is 63.4 Å². The first kappa shape index (κ1) is 16.6. The molecule has 0 aliphatic carbocycles. The van der Waals surface area contributed by atoms with Gasteiger partial charge in [-0.05, 0) is 35.4 Å². The van der Waals surface area contributed by atoms with E-state index in [0.717, 1.165) is 38.3 Å². The fraction of sp³-hybridized carbons (Fsp3) is 0.368. The lowest BCUT2D eigenvalue weighted by molar-refractivity contribution is 0.0701. The number of benzene rings is 1. The lowest BCUT2D eigenvalue weighted by Crippen LogP contribution is -2.47. The van der Waals surface area contributed by atoms with Crippen LogP contribution in [0.1, 0.15) is 22.8 Å². The van der Waals surface area contributed by atoms with E-state index < -0.39 is 6.10 Å². The molecule has 24 heavy (non-hydrogen) atoms. The molecule has 5 heteroatoms. The summed E-state index contributed by atoms with van der Waals surface area (Å²) in [5.41, 5.74) is 2.78.